The number of fused-ring (bicyclic) bond motifs is 2. The van der Waals surface area contributed by atoms with E-state index in [2.05, 4.69) is 0 Å². The topological polar surface area (TPSA) is 89.5 Å². The molecule has 27 heavy (non-hydrogen) atoms. The van der Waals surface area contributed by atoms with Crippen LogP contribution < -0.4 is 23.7 Å². The summed E-state index contributed by atoms with van der Waals surface area (Å²) in [6, 6.07) is 1.62. The van der Waals surface area contributed by atoms with E-state index < -0.39 is 11.9 Å². The van der Waals surface area contributed by atoms with Gasteiger partial charge >= 0.3 is 11.9 Å². The largest absolute Gasteiger partial charge is 0.496 e. The molecule has 1 aliphatic rings. The van der Waals surface area contributed by atoms with E-state index in [1.807, 2.05) is 0 Å². The molecule has 8 nitrogen and oxygen atoms in total. The predicted molar refractivity (Wildman–Crippen MR) is 95.7 cm³/mol. The molecule has 3 rings (SSSR count). The van der Waals surface area contributed by atoms with Crippen molar-refractivity contribution in [2.45, 2.75) is 13.8 Å². The summed E-state index contributed by atoms with van der Waals surface area (Å²) in [4.78, 5) is 24.8. The van der Waals surface area contributed by atoms with Gasteiger partial charge in [-0.3, -0.25) is 0 Å². The number of hydrogen-bond acceptors (Lipinski definition) is 8. The Morgan fingerprint density at radius 3 is 1.70 bits per heavy atom. The van der Waals surface area contributed by atoms with Gasteiger partial charge in [-0.1, -0.05) is 0 Å². The molecule has 0 N–H and O–H groups in total. The minimum absolute atomic E-state index is 0.00593. The highest BCUT2D eigenvalue weighted by molar-refractivity contribution is 6.24. The van der Waals surface area contributed by atoms with E-state index in [4.69, 9.17) is 28.4 Å². The second-order valence-electron chi connectivity index (χ2n) is 5.52. The fourth-order valence-corrected chi connectivity index (χ4v) is 3.20. The fraction of sp³-hybridized carbons (Fsp3) is 0.368. The standard InChI is InChI=1S/C19H20O8/c1-6-25-16-11-9(22-3)8-10(23-4)15(24-5)12(11)17(26-7-2)14-13(16)18(20)27-19(14)21/h8H,6-7H2,1-5H3. The first-order valence-corrected chi connectivity index (χ1v) is 8.38. The van der Waals surface area contributed by atoms with E-state index >= 15 is 0 Å². The van der Waals surface area contributed by atoms with Crippen LogP contribution >= 0.6 is 0 Å². The maximum absolute atomic E-state index is 12.4. The van der Waals surface area contributed by atoms with Gasteiger partial charge in [0.1, 0.15) is 28.4 Å². The average Bonchev–Trinajstić information content (AvgIpc) is 2.96. The Morgan fingerprint density at radius 2 is 1.26 bits per heavy atom. The number of methoxy groups -OCH3 is 3. The van der Waals surface area contributed by atoms with E-state index in [1.165, 1.54) is 21.3 Å². The van der Waals surface area contributed by atoms with Gasteiger partial charge in [0, 0.05) is 6.07 Å². The van der Waals surface area contributed by atoms with Gasteiger partial charge in [-0.15, -0.1) is 0 Å². The van der Waals surface area contributed by atoms with Crippen molar-refractivity contribution < 1.29 is 38.0 Å². The summed E-state index contributed by atoms with van der Waals surface area (Å²) in [5.41, 5.74) is 0.0229. The smallest absolute Gasteiger partial charge is 0.350 e. The van der Waals surface area contributed by atoms with Crippen molar-refractivity contribution in [3.05, 3.63) is 17.2 Å². The summed E-state index contributed by atoms with van der Waals surface area (Å²) in [5, 5.41) is 0.843. The molecule has 8 heteroatoms. The molecular weight excluding hydrogens is 356 g/mol. The third kappa shape index (κ3) is 2.68. The number of rotatable bonds is 7. The van der Waals surface area contributed by atoms with Gasteiger partial charge in [-0.05, 0) is 13.8 Å². The molecule has 0 unspecified atom stereocenters. The fourth-order valence-electron chi connectivity index (χ4n) is 3.20. The second kappa shape index (κ2) is 7.22. The lowest BCUT2D eigenvalue weighted by atomic mass is 9.97. The monoisotopic (exact) mass is 376 g/mol. The molecule has 0 saturated carbocycles. The molecular formula is C19H20O8. The molecule has 0 bridgehead atoms. The maximum Gasteiger partial charge on any atom is 0.350 e. The summed E-state index contributed by atoms with van der Waals surface area (Å²) >= 11 is 0. The summed E-state index contributed by atoms with van der Waals surface area (Å²) < 4.78 is 32.8. The molecule has 0 aromatic heterocycles. The molecule has 0 radical (unpaired) electrons. The van der Waals surface area contributed by atoms with Crippen molar-refractivity contribution >= 4 is 22.7 Å². The van der Waals surface area contributed by atoms with Gasteiger partial charge in [0.05, 0.1) is 45.3 Å². The number of ether oxygens (including phenoxy) is 6. The second-order valence-corrected chi connectivity index (χ2v) is 5.52. The van der Waals surface area contributed by atoms with Crippen LogP contribution in [0.2, 0.25) is 0 Å². The average molecular weight is 376 g/mol. The van der Waals surface area contributed by atoms with Crippen molar-refractivity contribution in [2.24, 2.45) is 0 Å². The van der Waals surface area contributed by atoms with E-state index in [-0.39, 0.29) is 35.8 Å². The van der Waals surface area contributed by atoms with Crippen LogP contribution in [-0.2, 0) is 4.74 Å². The molecule has 0 aliphatic carbocycles. The number of hydrogen-bond donors (Lipinski definition) is 0. The Labute approximate surface area is 155 Å². The zero-order valence-corrected chi connectivity index (χ0v) is 15.8. The highest BCUT2D eigenvalue weighted by Crippen LogP contribution is 2.53. The molecule has 0 amide bonds. The first-order chi connectivity index (χ1) is 13.0. The van der Waals surface area contributed by atoms with Gasteiger partial charge in [0.25, 0.3) is 0 Å². The van der Waals surface area contributed by atoms with Crippen molar-refractivity contribution in [1.82, 2.24) is 0 Å². The molecule has 0 fully saturated rings. The van der Waals surface area contributed by atoms with Crippen LogP contribution in [0.15, 0.2) is 6.07 Å². The molecule has 1 aliphatic heterocycles. The molecule has 0 saturated heterocycles. The van der Waals surface area contributed by atoms with Crippen LogP contribution in [0.4, 0.5) is 0 Å². The van der Waals surface area contributed by atoms with E-state index in [0.29, 0.717) is 28.0 Å². The lowest BCUT2D eigenvalue weighted by molar-refractivity contribution is 0.0441. The molecule has 1 heterocycles. The van der Waals surface area contributed by atoms with Gasteiger partial charge in [0.2, 0.25) is 0 Å². The summed E-state index contributed by atoms with van der Waals surface area (Å²) in [7, 11) is 4.43. The number of carbonyl (C=O) groups excluding carboxylic acids is 2. The predicted octanol–water partition coefficient (Wildman–Crippen LogP) is 2.97. The third-order valence-electron chi connectivity index (χ3n) is 4.18. The molecule has 0 atom stereocenters. The SMILES string of the molecule is CCOc1c2c(c(OCC)c3c(OC)c(OC)cc(OC)c13)C(=O)OC2=O. The molecule has 0 spiro atoms. The number of esters is 2. The highest BCUT2D eigenvalue weighted by Gasteiger charge is 2.41. The van der Waals surface area contributed by atoms with Crippen LogP contribution in [0.5, 0.6) is 28.7 Å². The van der Waals surface area contributed by atoms with E-state index in [0.717, 1.165) is 0 Å². The first-order valence-electron chi connectivity index (χ1n) is 8.38. The Bertz CT molecular complexity index is 932. The first kappa shape index (κ1) is 18.6. The van der Waals surface area contributed by atoms with Gasteiger partial charge in [-0.25, -0.2) is 9.59 Å². The van der Waals surface area contributed by atoms with E-state index in [1.54, 1.807) is 19.9 Å². The van der Waals surface area contributed by atoms with Crippen molar-refractivity contribution in [1.29, 1.82) is 0 Å². The van der Waals surface area contributed by atoms with Crippen LogP contribution in [-0.4, -0.2) is 46.5 Å². The Hall–Kier alpha value is -3.16. The molecule has 2 aromatic carbocycles. The van der Waals surface area contributed by atoms with Crippen molar-refractivity contribution in [2.75, 3.05) is 34.5 Å². The summed E-state index contributed by atoms with van der Waals surface area (Å²) in [6.07, 6.45) is 0. The highest BCUT2D eigenvalue weighted by atomic mass is 16.6. The van der Waals surface area contributed by atoms with Crippen molar-refractivity contribution in [3.8, 4) is 28.7 Å². The Morgan fingerprint density at radius 1 is 0.741 bits per heavy atom. The van der Waals surface area contributed by atoms with Crippen LogP contribution in [0.1, 0.15) is 34.6 Å². The van der Waals surface area contributed by atoms with Crippen LogP contribution in [0, 0.1) is 0 Å². The lowest BCUT2D eigenvalue weighted by Gasteiger charge is -2.21. The summed E-state index contributed by atoms with van der Waals surface area (Å²) in [5.74, 6) is -0.170. The number of carbonyl (C=O) groups is 2. The van der Waals surface area contributed by atoms with Gasteiger partial charge in [-0.2, -0.15) is 0 Å². The van der Waals surface area contributed by atoms with Gasteiger partial charge in [0.15, 0.2) is 11.5 Å². The van der Waals surface area contributed by atoms with Crippen molar-refractivity contribution in [3.63, 3.8) is 0 Å². The minimum atomic E-state index is -0.801. The Kier molecular flexibility index (Phi) is 4.98. The minimum Gasteiger partial charge on any atom is -0.496 e. The van der Waals surface area contributed by atoms with E-state index in [9.17, 15) is 9.59 Å². The molecule has 144 valence electrons. The zero-order chi connectivity index (χ0) is 19.7. The maximum atomic E-state index is 12.4. The zero-order valence-electron chi connectivity index (χ0n) is 15.8. The molecule has 2 aromatic rings. The third-order valence-corrected chi connectivity index (χ3v) is 4.18. The number of cyclic esters (lactones) is 2. The summed E-state index contributed by atoms with van der Waals surface area (Å²) in [6.45, 7) is 4.04. The lowest BCUT2D eigenvalue weighted by Crippen LogP contribution is -2.07. The van der Waals surface area contributed by atoms with Crippen LogP contribution in [0.3, 0.4) is 0 Å². The quantitative estimate of drug-likeness (QED) is 0.538. The van der Waals surface area contributed by atoms with Crippen LogP contribution in [0.25, 0.3) is 10.8 Å². The Balaban J connectivity index is 2.63. The number of benzene rings is 2. The van der Waals surface area contributed by atoms with Gasteiger partial charge < -0.3 is 28.4 Å². The normalized spacial score (nSPS) is 12.6.